The van der Waals surface area contributed by atoms with E-state index in [1.807, 2.05) is 64.3 Å². The summed E-state index contributed by atoms with van der Waals surface area (Å²) in [6.45, 7) is 0.591. The Bertz CT molecular complexity index is 415. The van der Waals surface area contributed by atoms with Gasteiger partial charge in [-0.05, 0) is 12.1 Å². The Morgan fingerprint density at radius 2 is 1.57 bits per heavy atom. The smallest absolute Gasteiger partial charge is 1.00 e. The van der Waals surface area contributed by atoms with E-state index in [1.54, 1.807) is 0 Å². The molecule has 0 spiro atoms. The van der Waals surface area contributed by atoms with Crippen LogP contribution in [-0.2, 0) is 23.6 Å². The minimum absolute atomic E-state index is 0. The van der Waals surface area contributed by atoms with Gasteiger partial charge in [-0.3, -0.25) is 4.98 Å². The molecule has 0 fully saturated rings. The summed E-state index contributed by atoms with van der Waals surface area (Å²) in [5.41, 5.74) is 2.12. The van der Waals surface area contributed by atoms with Crippen LogP contribution in [0.25, 0.3) is 0 Å². The van der Waals surface area contributed by atoms with Crippen molar-refractivity contribution in [1.82, 2.24) is 14.8 Å². The first-order valence-electron chi connectivity index (χ1n) is 5.93. The molecule has 0 N–H and O–H groups in total. The second kappa shape index (κ2) is 12.3. The van der Waals surface area contributed by atoms with Crippen LogP contribution in [-0.4, -0.2) is 63.0 Å². The Balaban J connectivity index is -0.00000108. The van der Waals surface area contributed by atoms with Crippen LogP contribution in [0.2, 0.25) is 0 Å². The maximum Gasteiger partial charge on any atom is 2.00 e. The van der Waals surface area contributed by atoms with Crippen molar-refractivity contribution in [2.45, 2.75) is 6.54 Å². The monoisotopic (exact) mass is 470 g/mol. The predicted molar refractivity (Wildman–Crippen MR) is 77.1 cm³/mol. The average molecular weight is 473 g/mol. The summed E-state index contributed by atoms with van der Waals surface area (Å²) < 4.78 is 0. The molecule has 0 bridgehead atoms. The Morgan fingerprint density at radius 3 is 2.00 bits per heavy atom. The Labute approximate surface area is 159 Å². The van der Waals surface area contributed by atoms with Crippen LogP contribution in [0.15, 0.2) is 23.3 Å². The molecule has 0 aliphatic rings. The van der Waals surface area contributed by atoms with Crippen LogP contribution in [0.1, 0.15) is 5.69 Å². The van der Waals surface area contributed by atoms with E-state index < -0.39 is 0 Å². The largest absolute Gasteiger partial charge is 2.00 e. The maximum absolute atomic E-state index is 4.58. The second-order valence-electron chi connectivity index (χ2n) is 4.80. The molecule has 1 aromatic heterocycles. The van der Waals surface area contributed by atoms with E-state index in [1.165, 1.54) is 0 Å². The second-order valence-corrected chi connectivity index (χ2v) is 4.80. The van der Waals surface area contributed by atoms with Gasteiger partial charge < -0.3 is 48.7 Å². The first-order valence-corrected chi connectivity index (χ1v) is 5.93. The van der Waals surface area contributed by atoms with E-state index in [0.29, 0.717) is 6.54 Å². The van der Waals surface area contributed by atoms with E-state index in [-0.39, 0.29) is 51.0 Å². The summed E-state index contributed by atoms with van der Waals surface area (Å²) >= 11 is 0. The van der Waals surface area contributed by atoms with Gasteiger partial charge in [-0.2, -0.15) is 0 Å². The van der Waals surface area contributed by atoms with Gasteiger partial charge in [0.1, 0.15) is 0 Å². The fourth-order valence-corrected chi connectivity index (χ4v) is 1.66. The molecule has 0 unspecified atom stereocenters. The molecule has 21 heavy (non-hydrogen) atoms. The molecule has 0 atom stereocenters. The Hall–Kier alpha value is -0.301. The van der Waals surface area contributed by atoms with Crippen LogP contribution in [0.3, 0.4) is 0 Å². The zero-order valence-corrected chi connectivity index (χ0v) is 17.3. The van der Waals surface area contributed by atoms with E-state index in [2.05, 4.69) is 20.9 Å². The molecular weight excluding hydrogens is 450 g/mol. The molecule has 5 nitrogen and oxygen atoms in total. The number of halogens is 2. The van der Waals surface area contributed by atoms with E-state index in [0.717, 1.165) is 17.3 Å². The van der Waals surface area contributed by atoms with Crippen molar-refractivity contribution in [1.29, 1.82) is 0 Å². The number of aromatic nitrogens is 1. The van der Waals surface area contributed by atoms with Crippen LogP contribution in [0.5, 0.6) is 0 Å². The van der Waals surface area contributed by atoms with Gasteiger partial charge >= 0.3 is 17.1 Å². The topological polar surface area (TPSA) is 35.0 Å². The van der Waals surface area contributed by atoms with Gasteiger partial charge in [-0.1, -0.05) is 0 Å². The SMILES string of the molecule is CN(C)C(=NCc1cc(N(C)C)ccn1)N(C)C.[Br-].[Br-].[Cu+2]. The van der Waals surface area contributed by atoms with Gasteiger partial charge in [-0.25, -0.2) is 4.99 Å². The standard InChI is InChI=1S/C13H23N5.2BrH.Cu/c1-16(2)12-7-8-14-11(9-12)10-15-13(17(3)4)18(5)6;;;/h7-9H,10H2,1-6H3;2*1H;/q;;;+2/p-2. The molecule has 1 radical (unpaired) electrons. The zero-order valence-electron chi connectivity index (χ0n) is 13.2. The number of hydrogen-bond acceptors (Lipinski definition) is 3. The van der Waals surface area contributed by atoms with Gasteiger partial charge in [0.05, 0.1) is 12.2 Å². The van der Waals surface area contributed by atoms with Gasteiger partial charge in [0.2, 0.25) is 0 Å². The Morgan fingerprint density at radius 1 is 1.05 bits per heavy atom. The Kier molecular flexibility index (Phi) is 15.0. The summed E-state index contributed by atoms with van der Waals surface area (Å²) in [4.78, 5) is 15.0. The summed E-state index contributed by atoms with van der Waals surface area (Å²) in [5.74, 6) is 0.937. The summed E-state index contributed by atoms with van der Waals surface area (Å²) in [5, 5.41) is 0. The number of guanidine groups is 1. The van der Waals surface area contributed by atoms with Crippen molar-refractivity contribution < 1.29 is 51.0 Å². The zero-order chi connectivity index (χ0) is 13.7. The van der Waals surface area contributed by atoms with E-state index >= 15 is 0 Å². The van der Waals surface area contributed by atoms with Crippen molar-refractivity contribution in [3.8, 4) is 0 Å². The minimum Gasteiger partial charge on any atom is -1.00 e. The van der Waals surface area contributed by atoms with Gasteiger partial charge in [0.25, 0.3) is 0 Å². The number of hydrogen-bond donors (Lipinski definition) is 0. The number of aliphatic imine (C=N–C) groups is 1. The molecule has 0 amide bonds. The third-order valence-electron chi connectivity index (χ3n) is 2.50. The molecule has 1 rings (SSSR count). The number of pyridine rings is 1. The van der Waals surface area contributed by atoms with Crippen LogP contribution < -0.4 is 38.9 Å². The average Bonchev–Trinajstić information content (AvgIpc) is 2.28. The summed E-state index contributed by atoms with van der Waals surface area (Å²) in [7, 11) is 12.0. The van der Waals surface area contributed by atoms with Crippen molar-refractivity contribution >= 4 is 11.6 Å². The summed E-state index contributed by atoms with van der Waals surface area (Å²) in [6.07, 6.45) is 1.82. The van der Waals surface area contributed by atoms with Crippen molar-refractivity contribution in [3.05, 3.63) is 24.0 Å². The van der Waals surface area contributed by atoms with E-state index in [4.69, 9.17) is 0 Å². The molecule has 8 heteroatoms. The first-order chi connectivity index (χ1) is 8.41. The third kappa shape index (κ3) is 8.66. The fourth-order valence-electron chi connectivity index (χ4n) is 1.66. The first kappa shape index (κ1) is 25.6. The quantitative estimate of drug-likeness (QED) is 0.251. The maximum atomic E-state index is 4.58. The molecule has 125 valence electrons. The van der Waals surface area contributed by atoms with Crippen LogP contribution >= 0.6 is 0 Å². The molecular formula is C13H23Br2CuN5. The normalized spacial score (nSPS) is 8.48. The third-order valence-corrected chi connectivity index (χ3v) is 2.50. The van der Waals surface area contributed by atoms with E-state index in [9.17, 15) is 0 Å². The fraction of sp³-hybridized carbons (Fsp3) is 0.538. The van der Waals surface area contributed by atoms with Crippen molar-refractivity contribution in [2.24, 2.45) is 4.99 Å². The molecule has 0 aliphatic heterocycles. The van der Waals surface area contributed by atoms with Gasteiger partial charge in [0.15, 0.2) is 5.96 Å². The van der Waals surface area contributed by atoms with Crippen LogP contribution in [0.4, 0.5) is 5.69 Å². The summed E-state index contributed by atoms with van der Waals surface area (Å²) in [6, 6.07) is 4.05. The number of nitrogens with zero attached hydrogens (tertiary/aromatic N) is 5. The number of anilines is 1. The number of rotatable bonds is 3. The molecule has 0 aliphatic carbocycles. The predicted octanol–water partition coefficient (Wildman–Crippen LogP) is -4.87. The van der Waals surface area contributed by atoms with Crippen molar-refractivity contribution in [2.75, 3.05) is 47.2 Å². The molecule has 0 saturated carbocycles. The van der Waals surface area contributed by atoms with Crippen molar-refractivity contribution in [3.63, 3.8) is 0 Å². The van der Waals surface area contributed by atoms with Gasteiger partial charge in [-0.15, -0.1) is 0 Å². The molecule has 0 saturated heterocycles. The molecule has 0 aromatic carbocycles. The minimum atomic E-state index is 0. The molecule has 1 heterocycles. The van der Waals surface area contributed by atoms with Crippen LogP contribution in [0, 0.1) is 0 Å². The van der Waals surface area contributed by atoms with Gasteiger partial charge in [0, 0.05) is 54.2 Å². The molecule has 1 aromatic rings.